The number of benzene rings is 3. The molecule has 1 amide bonds. The number of anilines is 3. The number of aliphatic carboxylic acids is 1. The van der Waals surface area contributed by atoms with E-state index < -0.39 is 11.9 Å². The summed E-state index contributed by atoms with van der Waals surface area (Å²) in [5.41, 5.74) is 7.20. The molecule has 0 saturated carbocycles. The first-order chi connectivity index (χ1) is 16.4. The van der Waals surface area contributed by atoms with E-state index in [1.807, 2.05) is 12.1 Å². The average molecular weight is 452 g/mol. The zero-order valence-corrected chi connectivity index (χ0v) is 19.2. The molecule has 0 aliphatic carbocycles. The average Bonchev–Trinajstić information content (AvgIpc) is 3.16. The molecule has 5 rings (SSSR count). The summed E-state index contributed by atoms with van der Waals surface area (Å²) in [4.78, 5) is 27.3. The zero-order valence-electron chi connectivity index (χ0n) is 19.2. The van der Waals surface area contributed by atoms with Crippen LogP contribution in [-0.4, -0.2) is 29.2 Å². The maximum absolute atomic E-state index is 13.1. The van der Waals surface area contributed by atoms with Crippen LogP contribution in [0.5, 0.6) is 0 Å². The highest BCUT2D eigenvalue weighted by atomic mass is 16.4. The Morgan fingerprint density at radius 2 is 1.74 bits per heavy atom. The summed E-state index contributed by atoms with van der Waals surface area (Å²) in [6.07, 6.45) is 3.58. The number of para-hydroxylation sites is 2. The quantitative estimate of drug-likeness (QED) is 0.549. The number of hydrogen-bond donors (Lipinski definition) is 1. The van der Waals surface area contributed by atoms with Gasteiger partial charge in [0.15, 0.2) is 5.71 Å². The first-order valence-electron chi connectivity index (χ1n) is 11.3. The van der Waals surface area contributed by atoms with Gasteiger partial charge in [-0.25, -0.2) is 4.79 Å². The van der Waals surface area contributed by atoms with Gasteiger partial charge in [-0.05, 0) is 79.3 Å². The molecule has 0 bridgehead atoms. The summed E-state index contributed by atoms with van der Waals surface area (Å²) in [6.45, 7) is 5.21. The van der Waals surface area contributed by atoms with E-state index in [1.165, 1.54) is 22.4 Å². The molecule has 2 heterocycles. The van der Waals surface area contributed by atoms with Crippen LogP contribution in [-0.2, 0) is 16.0 Å². The van der Waals surface area contributed by atoms with E-state index in [9.17, 15) is 14.7 Å². The minimum Gasteiger partial charge on any atom is -0.476 e. The molecule has 6 nitrogen and oxygen atoms in total. The van der Waals surface area contributed by atoms with Crippen molar-refractivity contribution in [3.05, 3.63) is 94.6 Å². The van der Waals surface area contributed by atoms with E-state index in [1.54, 1.807) is 30.3 Å². The minimum absolute atomic E-state index is 0.0821. The lowest BCUT2D eigenvalue weighted by Gasteiger charge is -2.34. The summed E-state index contributed by atoms with van der Waals surface area (Å²) in [7, 11) is 0. The predicted octanol–water partition coefficient (Wildman–Crippen LogP) is 5.26. The molecular formula is C28H25N3O3. The molecule has 6 heteroatoms. The Morgan fingerprint density at radius 3 is 2.44 bits per heavy atom. The third-order valence-corrected chi connectivity index (χ3v) is 6.32. The molecule has 3 aromatic carbocycles. The van der Waals surface area contributed by atoms with Crippen LogP contribution >= 0.6 is 0 Å². The number of nitrogens with zero attached hydrogens (tertiary/aromatic N) is 3. The number of carboxylic acids is 1. The molecule has 1 N–H and O–H groups in total. The highest BCUT2D eigenvalue weighted by molar-refractivity contribution is 6.53. The van der Waals surface area contributed by atoms with Gasteiger partial charge in [-0.2, -0.15) is 10.1 Å². The molecule has 34 heavy (non-hydrogen) atoms. The molecule has 170 valence electrons. The van der Waals surface area contributed by atoms with Crippen LogP contribution in [0.4, 0.5) is 17.1 Å². The number of aryl methyl sites for hydroxylation is 3. The van der Waals surface area contributed by atoms with Gasteiger partial charge in [0, 0.05) is 17.9 Å². The van der Waals surface area contributed by atoms with Crippen molar-refractivity contribution in [1.29, 1.82) is 0 Å². The summed E-state index contributed by atoms with van der Waals surface area (Å²) >= 11 is 0. The van der Waals surface area contributed by atoms with E-state index >= 15 is 0 Å². The van der Waals surface area contributed by atoms with Crippen molar-refractivity contribution in [3.8, 4) is 0 Å². The van der Waals surface area contributed by atoms with Crippen molar-refractivity contribution >= 4 is 40.7 Å². The topological polar surface area (TPSA) is 73.2 Å². The Labute approximate surface area is 198 Å². The molecule has 3 aromatic rings. The standard InChI is InChI=1S/C28H25N3O3/c1-18-8-6-9-19(2)26(18)30-15-7-10-21-16-20(13-14-24(21)30)17-23-25(28(33)34)29-31(27(23)32)22-11-4-3-5-12-22/h3-6,8-9,11-14,16-17H,7,10,15H2,1-2H3,(H,33,34)/b23-17-. The second kappa shape index (κ2) is 8.63. The number of carbonyl (C=O) groups is 2. The van der Waals surface area contributed by atoms with E-state index in [0.717, 1.165) is 35.6 Å². The molecule has 2 aliphatic rings. The number of rotatable bonds is 4. The first-order valence-corrected chi connectivity index (χ1v) is 11.3. The molecule has 0 atom stereocenters. The summed E-state index contributed by atoms with van der Waals surface area (Å²) < 4.78 is 0. The van der Waals surface area contributed by atoms with Crippen molar-refractivity contribution in [2.75, 3.05) is 16.5 Å². The smallest absolute Gasteiger partial charge is 0.357 e. The second-order valence-electron chi connectivity index (χ2n) is 8.65. The van der Waals surface area contributed by atoms with Crippen molar-refractivity contribution in [2.24, 2.45) is 5.10 Å². The first kappa shape index (κ1) is 21.6. The zero-order chi connectivity index (χ0) is 23.8. The van der Waals surface area contributed by atoms with E-state index in [4.69, 9.17) is 0 Å². The minimum atomic E-state index is -1.22. The lowest BCUT2D eigenvalue weighted by atomic mass is 9.96. The van der Waals surface area contributed by atoms with Gasteiger partial charge >= 0.3 is 5.97 Å². The summed E-state index contributed by atoms with van der Waals surface area (Å²) in [5, 5.41) is 14.9. The molecular weight excluding hydrogens is 426 g/mol. The van der Waals surface area contributed by atoms with Crippen LogP contribution in [0.1, 0.15) is 28.7 Å². The van der Waals surface area contributed by atoms with E-state index in [2.05, 4.69) is 54.2 Å². The Balaban J connectivity index is 1.52. The normalized spacial score (nSPS) is 16.6. The highest BCUT2D eigenvalue weighted by Gasteiger charge is 2.35. The fraction of sp³-hybridized carbons (Fsp3) is 0.179. The molecule has 0 spiro atoms. The molecule has 2 aliphatic heterocycles. The molecule has 0 fully saturated rings. The number of hydrazone groups is 1. The third kappa shape index (κ3) is 3.77. The van der Waals surface area contributed by atoms with Crippen LogP contribution < -0.4 is 9.91 Å². The van der Waals surface area contributed by atoms with Crippen LogP contribution in [0.3, 0.4) is 0 Å². The number of amides is 1. The predicted molar refractivity (Wildman–Crippen MR) is 135 cm³/mol. The van der Waals surface area contributed by atoms with E-state index in [0.29, 0.717) is 5.69 Å². The van der Waals surface area contributed by atoms with Crippen LogP contribution in [0.15, 0.2) is 77.4 Å². The van der Waals surface area contributed by atoms with Crippen molar-refractivity contribution in [3.63, 3.8) is 0 Å². The number of hydrogen-bond acceptors (Lipinski definition) is 4. The Kier molecular flexibility index (Phi) is 5.49. The SMILES string of the molecule is Cc1cccc(C)c1N1CCCc2cc(/C=C3\C(=O)N(c4ccccc4)N=C3C(=O)O)ccc21. The maximum Gasteiger partial charge on any atom is 0.357 e. The van der Waals surface area contributed by atoms with Gasteiger partial charge in [-0.3, -0.25) is 4.79 Å². The number of carbonyl (C=O) groups excluding carboxylic acids is 1. The van der Waals surface area contributed by atoms with E-state index in [-0.39, 0.29) is 11.3 Å². The van der Waals surface area contributed by atoms with Gasteiger partial charge in [0.25, 0.3) is 5.91 Å². The van der Waals surface area contributed by atoms with Gasteiger partial charge in [0.1, 0.15) is 0 Å². The Hall–Kier alpha value is -4.19. The number of carboxylic acid groups (broad SMARTS) is 1. The van der Waals surface area contributed by atoms with Gasteiger partial charge in [0.2, 0.25) is 0 Å². The highest BCUT2D eigenvalue weighted by Crippen LogP contribution is 2.38. The third-order valence-electron chi connectivity index (χ3n) is 6.32. The van der Waals surface area contributed by atoms with Gasteiger partial charge < -0.3 is 10.0 Å². The Bertz CT molecular complexity index is 1340. The fourth-order valence-electron chi connectivity index (χ4n) is 4.78. The second-order valence-corrected chi connectivity index (χ2v) is 8.65. The summed E-state index contributed by atoms with van der Waals surface area (Å²) in [5.74, 6) is -1.67. The lowest BCUT2D eigenvalue weighted by Crippen LogP contribution is -2.26. The molecule has 0 unspecified atom stereocenters. The van der Waals surface area contributed by atoms with Crippen molar-refractivity contribution in [1.82, 2.24) is 0 Å². The lowest BCUT2D eigenvalue weighted by molar-refractivity contribution is -0.129. The maximum atomic E-state index is 13.1. The molecule has 0 radical (unpaired) electrons. The van der Waals surface area contributed by atoms with Gasteiger partial charge in [0.05, 0.1) is 11.3 Å². The summed E-state index contributed by atoms with van der Waals surface area (Å²) in [6, 6.07) is 21.3. The van der Waals surface area contributed by atoms with Crippen molar-refractivity contribution < 1.29 is 14.7 Å². The fourth-order valence-corrected chi connectivity index (χ4v) is 4.78. The molecule has 0 saturated heterocycles. The van der Waals surface area contributed by atoms with Crippen LogP contribution in [0.25, 0.3) is 6.08 Å². The van der Waals surface area contributed by atoms with Crippen molar-refractivity contribution in [2.45, 2.75) is 26.7 Å². The van der Waals surface area contributed by atoms with Gasteiger partial charge in [-0.15, -0.1) is 0 Å². The number of fused-ring (bicyclic) bond motifs is 1. The monoisotopic (exact) mass is 451 g/mol. The Morgan fingerprint density at radius 1 is 1.00 bits per heavy atom. The molecule has 0 aromatic heterocycles. The van der Waals surface area contributed by atoms with Gasteiger partial charge in [-0.1, -0.05) is 42.5 Å². The van der Waals surface area contributed by atoms with Crippen LogP contribution in [0.2, 0.25) is 0 Å². The van der Waals surface area contributed by atoms with Crippen LogP contribution in [0, 0.1) is 13.8 Å². The largest absolute Gasteiger partial charge is 0.476 e.